The van der Waals surface area contributed by atoms with E-state index in [4.69, 9.17) is 0 Å². The number of aromatic nitrogens is 1. The van der Waals surface area contributed by atoms with Crippen LogP contribution in [0.5, 0.6) is 0 Å². The smallest absolute Gasteiger partial charge is 0.0580 e. The number of pyridine rings is 1. The molecule has 1 fully saturated rings. The summed E-state index contributed by atoms with van der Waals surface area (Å²) in [5, 5.41) is 13.1. The monoisotopic (exact) mass is 220 g/mol. The normalized spacial score (nSPS) is 24.9. The van der Waals surface area contributed by atoms with E-state index in [1.807, 2.05) is 12.3 Å². The molecule has 2 atom stereocenters. The molecule has 3 heteroatoms. The number of hydrogen-bond donors (Lipinski definition) is 2. The Morgan fingerprint density at radius 2 is 2.38 bits per heavy atom. The molecule has 0 saturated heterocycles. The zero-order chi connectivity index (χ0) is 11.4. The molecule has 2 N–H and O–H groups in total. The number of hydrogen-bond acceptors (Lipinski definition) is 3. The molecule has 88 valence electrons. The maximum Gasteiger partial charge on any atom is 0.0580 e. The molecule has 1 aliphatic rings. The predicted octanol–water partition coefficient (Wildman–Crippen LogP) is 1.64. The summed E-state index contributed by atoms with van der Waals surface area (Å²) in [5.74, 6) is 0.434. The van der Waals surface area contributed by atoms with Gasteiger partial charge in [-0.25, -0.2) is 0 Å². The Labute approximate surface area is 96.9 Å². The van der Waals surface area contributed by atoms with Gasteiger partial charge in [-0.3, -0.25) is 4.98 Å². The Bertz CT molecular complexity index is 340. The average Bonchev–Trinajstić information content (AvgIpc) is 2.67. The van der Waals surface area contributed by atoms with E-state index in [2.05, 4.69) is 23.3 Å². The van der Waals surface area contributed by atoms with Crippen LogP contribution >= 0.6 is 0 Å². The van der Waals surface area contributed by atoms with Crippen molar-refractivity contribution in [3.05, 3.63) is 29.6 Å². The second-order valence-corrected chi connectivity index (χ2v) is 4.66. The summed E-state index contributed by atoms with van der Waals surface area (Å²) < 4.78 is 0. The Kier molecular flexibility index (Phi) is 3.91. The number of nitrogens with zero attached hydrogens (tertiary/aromatic N) is 1. The van der Waals surface area contributed by atoms with Gasteiger partial charge in [0.05, 0.1) is 11.8 Å². The molecule has 0 aliphatic heterocycles. The van der Waals surface area contributed by atoms with Crippen LogP contribution in [0.15, 0.2) is 18.3 Å². The van der Waals surface area contributed by atoms with Gasteiger partial charge in [0.25, 0.3) is 0 Å². The molecule has 0 radical (unpaired) electrons. The van der Waals surface area contributed by atoms with Crippen LogP contribution in [0.1, 0.15) is 30.5 Å². The average molecular weight is 220 g/mol. The maximum atomic E-state index is 9.69. The van der Waals surface area contributed by atoms with Gasteiger partial charge in [-0.2, -0.15) is 0 Å². The molecule has 0 bridgehead atoms. The highest BCUT2D eigenvalue weighted by atomic mass is 16.3. The topological polar surface area (TPSA) is 45.2 Å². The molecule has 1 heterocycles. The first-order chi connectivity index (χ1) is 7.77. The first-order valence-electron chi connectivity index (χ1n) is 6.06. The Hall–Kier alpha value is -0.930. The van der Waals surface area contributed by atoms with Gasteiger partial charge in [0, 0.05) is 19.3 Å². The van der Waals surface area contributed by atoms with Crippen molar-refractivity contribution in [1.82, 2.24) is 10.3 Å². The minimum Gasteiger partial charge on any atom is -0.393 e. The predicted molar refractivity (Wildman–Crippen MR) is 64.0 cm³/mol. The van der Waals surface area contributed by atoms with Crippen molar-refractivity contribution in [2.24, 2.45) is 5.92 Å². The summed E-state index contributed by atoms with van der Waals surface area (Å²) in [7, 11) is 0. The molecule has 3 nitrogen and oxygen atoms in total. The Balaban J connectivity index is 1.78. The van der Waals surface area contributed by atoms with E-state index in [9.17, 15) is 5.11 Å². The van der Waals surface area contributed by atoms with E-state index in [0.29, 0.717) is 5.92 Å². The summed E-state index contributed by atoms with van der Waals surface area (Å²) in [6.07, 6.45) is 5.01. The van der Waals surface area contributed by atoms with Crippen LogP contribution in [0.2, 0.25) is 0 Å². The standard InChI is InChI=1S/C13H20N2O/c1-10-4-3-7-15-12(10)9-14-8-11-5-2-6-13(11)16/h3-4,7,11,13-14,16H,2,5-6,8-9H2,1H3. The molecule has 0 amide bonds. The van der Waals surface area contributed by atoms with Crippen LogP contribution in [0.3, 0.4) is 0 Å². The highest BCUT2D eigenvalue weighted by Gasteiger charge is 2.24. The summed E-state index contributed by atoms with van der Waals surface area (Å²) in [4.78, 5) is 4.34. The lowest BCUT2D eigenvalue weighted by atomic mass is 10.1. The Morgan fingerprint density at radius 1 is 1.50 bits per heavy atom. The van der Waals surface area contributed by atoms with Crippen LogP contribution in [0.4, 0.5) is 0 Å². The minimum absolute atomic E-state index is 0.0997. The van der Waals surface area contributed by atoms with Crippen LogP contribution in [0, 0.1) is 12.8 Å². The SMILES string of the molecule is Cc1cccnc1CNCC1CCCC1O. The maximum absolute atomic E-state index is 9.69. The van der Waals surface area contributed by atoms with Gasteiger partial charge in [-0.15, -0.1) is 0 Å². The molecule has 2 rings (SSSR count). The van der Waals surface area contributed by atoms with Crippen molar-refractivity contribution >= 4 is 0 Å². The summed E-state index contributed by atoms with van der Waals surface area (Å²) in [6, 6.07) is 4.04. The molecule has 1 saturated carbocycles. The van der Waals surface area contributed by atoms with Crippen molar-refractivity contribution in [3.8, 4) is 0 Å². The van der Waals surface area contributed by atoms with Crippen molar-refractivity contribution in [2.75, 3.05) is 6.54 Å². The second-order valence-electron chi connectivity index (χ2n) is 4.66. The number of rotatable bonds is 4. The Morgan fingerprint density at radius 3 is 3.06 bits per heavy atom. The molecule has 16 heavy (non-hydrogen) atoms. The van der Waals surface area contributed by atoms with Crippen molar-refractivity contribution in [3.63, 3.8) is 0 Å². The van der Waals surface area contributed by atoms with E-state index < -0.39 is 0 Å². The molecule has 2 unspecified atom stereocenters. The quantitative estimate of drug-likeness (QED) is 0.811. The fourth-order valence-corrected chi connectivity index (χ4v) is 2.33. The molecular formula is C13H20N2O. The number of aliphatic hydroxyl groups is 1. The minimum atomic E-state index is -0.0997. The van der Waals surface area contributed by atoms with Gasteiger partial charge in [0.15, 0.2) is 0 Å². The largest absolute Gasteiger partial charge is 0.393 e. The summed E-state index contributed by atoms with van der Waals surface area (Å²) in [6.45, 7) is 3.78. The molecule has 1 aliphatic carbocycles. The number of nitrogens with one attached hydrogen (secondary N) is 1. The molecule has 1 aromatic heterocycles. The van der Waals surface area contributed by atoms with Crippen molar-refractivity contribution in [1.29, 1.82) is 0 Å². The summed E-state index contributed by atoms with van der Waals surface area (Å²) >= 11 is 0. The van der Waals surface area contributed by atoms with E-state index in [1.165, 1.54) is 5.56 Å². The highest BCUT2D eigenvalue weighted by molar-refractivity contribution is 5.17. The van der Waals surface area contributed by atoms with Crippen LogP contribution in [-0.4, -0.2) is 22.7 Å². The third kappa shape index (κ3) is 2.80. The van der Waals surface area contributed by atoms with Gasteiger partial charge in [-0.05, 0) is 37.3 Å². The van der Waals surface area contributed by atoms with Crippen LogP contribution in [0.25, 0.3) is 0 Å². The number of aryl methyl sites for hydroxylation is 1. The van der Waals surface area contributed by atoms with Gasteiger partial charge >= 0.3 is 0 Å². The third-order valence-electron chi connectivity index (χ3n) is 3.44. The number of aliphatic hydroxyl groups excluding tert-OH is 1. The van der Waals surface area contributed by atoms with Crippen molar-refractivity contribution < 1.29 is 5.11 Å². The third-order valence-corrected chi connectivity index (χ3v) is 3.44. The summed E-state index contributed by atoms with van der Waals surface area (Å²) in [5.41, 5.74) is 2.33. The van der Waals surface area contributed by atoms with E-state index in [1.54, 1.807) is 0 Å². The van der Waals surface area contributed by atoms with Crippen LogP contribution < -0.4 is 5.32 Å². The van der Waals surface area contributed by atoms with Gasteiger partial charge in [-0.1, -0.05) is 12.5 Å². The lowest BCUT2D eigenvalue weighted by Crippen LogP contribution is -2.27. The lowest BCUT2D eigenvalue weighted by molar-refractivity contribution is 0.131. The lowest BCUT2D eigenvalue weighted by Gasteiger charge is -2.15. The van der Waals surface area contributed by atoms with E-state index in [0.717, 1.165) is 38.0 Å². The second kappa shape index (κ2) is 5.41. The van der Waals surface area contributed by atoms with Crippen LogP contribution in [-0.2, 0) is 6.54 Å². The molecule has 0 aromatic carbocycles. The van der Waals surface area contributed by atoms with Crippen molar-refractivity contribution in [2.45, 2.75) is 38.8 Å². The van der Waals surface area contributed by atoms with E-state index >= 15 is 0 Å². The van der Waals surface area contributed by atoms with Gasteiger partial charge < -0.3 is 10.4 Å². The molecular weight excluding hydrogens is 200 g/mol. The first kappa shape index (κ1) is 11.6. The molecule has 1 aromatic rings. The zero-order valence-corrected chi connectivity index (χ0v) is 9.82. The molecule has 0 spiro atoms. The fraction of sp³-hybridized carbons (Fsp3) is 0.615. The van der Waals surface area contributed by atoms with Gasteiger partial charge in [0.1, 0.15) is 0 Å². The van der Waals surface area contributed by atoms with Gasteiger partial charge in [0.2, 0.25) is 0 Å². The highest BCUT2D eigenvalue weighted by Crippen LogP contribution is 2.24. The van der Waals surface area contributed by atoms with E-state index in [-0.39, 0.29) is 6.10 Å². The fourth-order valence-electron chi connectivity index (χ4n) is 2.33. The first-order valence-corrected chi connectivity index (χ1v) is 6.06. The zero-order valence-electron chi connectivity index (χ0n) is 9.82.